The van der Waals surface area contributed by atoms with E-state index in [0.717, 1.165) is 9.35 Å². The maximum atomic E-state index is 11.1. The number of nitro groups is 1. The third-order valence-corrected chi connectivity index (χ3v) is 4.53. The number of benzene rings is 1. The lowest BCUT2D eigenvalue weighted by molar-refractivity contribution is -0.384. The van der Waals surface area contributed by atoms with Gasteiger partial charge in [0.25, 0.3) is 5.69 Å². The van der Waals surface area contributed by atoms with Crippen LogP contribution < -0.4 is 4.90 Å². The number of hydrogen-bond donors (Lipinski definition) is 1. The Morgan fingerprint density at radius 2 is 2.20 bits per heavy atom. The second-order valence-electron chi connectivity index (χ2n) is 4.33. The van der Waals surface area contributed by atoms with Gasteiger partial charge in [0.05, 0.1) is 18.1 Å². The van der Waals surface area contributed by atoms with Gasteiger partial charge in [0.1, 0.15) is 5.69 Å². The molecule has 0 atom stereocenters. The van der Waals surface area contributed by atoms with Crippen LogP contribution in [0.2, 0.25) is 0 Å². The van der Waals surface area contributed by atoms with Crippen LogP contribution in [0.4, 0.5) is 11.4 Å². The zero-order chi connectivity index (χ0) is 14.7. The van der Waals surface area contributed by atoms with Crippen LogP contribution in [0, 0.1) is 10.1 Å². The van der Waals surface area contributed by atoms with Gasteiger partial charge in [0.15, 0.2) is 0 Å². The average Bonchev–Trinajstić information content (AvgIpc) is 2.83. The van der Waals surface area contributed by atoms with Crippen molar-refractivity contribution in [1.82, 2.24) is 0 Å². The lowest BCUT2D eigenvalue weighted by Gasteiger charge is -2.18. The minimum atomic E-state index is -0.421. The fraction of sp³-hybridized carbons (Fsp3) is 0.231. The monoisotopic (exact) mass is 356 g/mol. The summed E-state index contributed by atoms with van der Waals surface area (Å²) in [6, 6.07) is 6.78. The molecule has 1 aromatic carbocycles. The first kappa shape index (κ1) is 15.0. The van der Waals surface area contributed by atoms with E-state index >= 15 is 0 Å². The van der Waals surface area contributed by atoms with Crippen molar-refractivity contribution in [2.45, 2.75) is 13.2 Å². The quantitative estimate of drug-likeness (QED) is 0.657. The number of nitro benzene ring substituents is 1. The molecule has 0 saturated carbocycles. The van der Waals surface area contributed by atoms with Crippen molar-refractivity contribution in [3.63, 3.8) is 0 Å². The highest BCUT2D eigenvalue weighted by Gasteiger charge is 2.18. The van der Waals surface area contributed by atoms with E-state index in [-0.39, 0.29) is 12.3 Å². The van der Waals surface area contributed by atoms with Gasteiger partial charge in [-0.25, -0.2) is 0 Å². The highest BCUT2D eigenvalue weighted by atomic mass is 79.9. The summed E-state index contributed by atoms with van der Waals surface area (Å²) in [5, 5.41) is 22.2. The fourth-order valence-corrected chi connectivity index (χ4v) is 3.40. The number of anilines is 1. The molecule has 1 heterocycles. The highest BCUT2D eigenvalue weighted by Crippen LogP contribution is 2.30. The molecule has 0 spiro atoms. The minimum absolute atomic E-state index is 0.00896. The number of aliphatic hydroxyl groups excluding tert-OH is 1. The van der Waals surface area contributed by atoms with Crippen LogP contribution in [0.5, 0.6) is 0 Å². The van der Waals surface area contributed by atoms with Crippen molar-refractivity contribution in [2.75, 3.05) is 11.9 Å². The third-order valence-electron chi connectivity index (χ3n) is 2.85. The first-order chi connectivity index (χ1) is 9.51. The van der Waals surface area contributed by atoms with Gasteiger partial charge >= 0.3 is 0 Å². The summed E-state index contributed by atoms with van der Waals surface area (Å²) in [6.45, 7) is 0.387. The van der Waals surface area contributed by atoms with Crippen LogP contribution in [-0.2, 0) is 13.2 Å². The van der Waals surface area contributed by atoms with Crippen LogP contribution in [-0.4, -0.2) is 17.1 Å². The Hall–Kier alpha value is -1.44. The maximum absolute atomic E-state index is 11.1. The van der Waals surface area contributed by atoms with Gasteiger partial charge in [0, 0.05) is 27.8 Å². The Bertz CT molecular complexity index is 630. The zero-order valence-corrected chi connectivity index (χ0v) is 13.1. The van der Waals surface area contributed by atoms with Gasteiger partial charge in [-0.2, -0.15) is 0 Å². The molecule has 1 N–H and O–H groups in total. The molecule has 0 bridgehead atoms. The number of nitrogens with zero attached hydrogens (tertiary/aromatic N) is 2. The third kappa shape index (κ3) is 3.36. The fourth-order valence-electron chi connectivity index (χ4n) is 1.89. The Kier molecular flexibility index (Phi) is 4.74. The van der Waals surface area contributed by atoms with E-state index in [2.05, 4.69) is 15.9 Å². The summed E-state index contributed by atoms with van der Waals surface area (Å²) in [5.74, 6) is 0. The Balaban J connectivity index is 2.28. The molecule has 1 aromatic heterocycles. The SMILES string of the molecule is CN(Cc1cc(Br)cs1)c1ccc(CO)cc1[N+](=O)[O-]. The standard InChI is InChI=1S/C13H13BrN2O3S/c1-15(6-11-5-10(14)8-20-11)12-3-2-9(7-17)4-13(12)16(18)19/h2-5,8,17H,6-7H2,1H3. The smallest absolute Gasteiger partial charge is 0.292 e. The molecule has 0 saturated heterocycles. The number of halogens is 1. The maximum Gasteiger partial charge on any atom is 0.292 e. The van der Waals surface area contributed by atoms with Gasteiger partial charge in [-0.05, 0) is 33.6 Å². The molecule has 0 aliphatic carbocycles. The summed E-state index contributed by atoms with van der Waals surface area (Å²) in [7, 11) is 1.81. The molecule has 5 nitrogen and oxygen atoms in total. The Labute approximate surface area is 128 Å². The average molecular weight is 357 g/mol. The van der Waals surface area contributed by atoms with E-state index in [1.807, 2.05) is 23.4 Å². The summed E-state index contributed by atoms with van der Waals surface area (Å²) in [4.78, 5) is 13.7. The Morgan fingerprint density at radius 1 is 1.45 bits per heavy atom. The minimum Gasteiger partial charge on any atom is -0.392 e. The number of rotatable bonds is 5. The molecule has 0 unspecified atom stereocenters. The van der Waals surface area contributed by atoms with Crippen molar-refractivity contribution < 1.29 is 10.0 Å². The summed E-state index contributed by atoms with van der Waals surface area (Å²) in [5.41, 5.74) is 1.08. The molecule has 0 amide bonds. The predicted molar refractivity (Wildman–Crippen MR) is 83.1 cm³/mol. The highest BCUT2D eigenvalue weighted by molar-refractivity contribution is 9.10. The zero-order valence-electron chi connectivity index (χ0n) is 10.7. The molecule has 20 heavy (non-hydrogen) atoms. The van der Waals surface area contributed by atoms with Crippen molar-refractivity contribution in [3.8, 4) is 0 Å². The van der Waals surface area contributed by atoms with Gasteiger partial charge in [0.2, 0.25) is 0 Å². The molecule has 0 fully saturated rings. The second kappa shape index (κ2) is 6.34. The van der Waals surface area contributed by atoms with E-state index in [4.69, 9.17) is 5.11 Å². The number of thiophene rings is 1. The van der Waals surface area contributed by atoms with Crippen LogP contribution in [0.15, 0.2) is 34.1 Å². The molecule has 2 aromatic rings. The lowest BCUT2D eigenvalue weighted by Crippen LogP contribution is -2.17. The van der Waals surface area contributed by atoms with Gasteiger partial charge < -0.3 is 10.0 Å². The van der Waals surface area contributed by atoms with Crippen molar-refractivity contribution in [2.24, 2.45) is 0 Å². The molecule has 106 valence electrons. The predicted octanol–water partition coefficient (Wildman–Crippen LogP) is 3.55. The first-order valence-electron chi connectivity index (χ1n) is 5.83. The van der Waals surface area contributed by atoms with E-state index in [1.165, 1.54) is 6.07 Å². The van der Waals surface area contributed by atoms with Crippen molar-refractivity contribution in [1.29, 1.82) is 0 Å². The van der Waals surface area contributed by atoms with Gasteiger partial charge in [-0.3, -0.25) is 10.1 Å². The largest absolute Gasteiger partial charge is 0.392 e. The molecule has 0 radical (unpaired) electrons. The van der Waals surface area contributed by atoms with Crippen LogP contribution in [0.1, 0.15) is 10.4 Å². The molecule has 7 heteroatoms. The molecular formula is C13H13BrN2O3S. The van der Waals surface area contributed by atoms with Crippen LogP contribution >= 0.6 is 27.3 Å². The van der Waals surface area contributed by atoms with Gasteiger partial charge in [-0.15, -0.1) is 11.3 Å². The van der Waals surface area contributed by atoms with E-state index in [0.29, 0.717) is 17.8 Å². The number of hydrogen-bond acceptors (Lipinski definition) is 5. The lowest BCUT2D eigenvalue weighted by atomic mass is 10.1. The van der Waals surface area contributed by atoms with Crippen LogP contribution in [0.25, 0.3) is 0 Å². The first-order valence-corrected chi connectivity index (χ1v) is 7.50. The van der Waals surface area contributed by atoms with Crippen molar-refractivity contribution >= 4 is 38.6 Å². The van der Waals surface area contributed by atoms with E-state index in [9.17, 15) is 10.1 Å². The molecular weight excluding hydrogens is 344 g/mol. The normalized spacial score (nSPS) is 10.6. The number of aliphatic hydroxyl groups is 1. The second-order valence-corrected chi connectivity index (χ2v) is 6.24. The van der Waals surface area contributed by atoms with E-state index in [1.54, 1.807) is 23.5 Å². The molecule has 0 aliphatic heterocycles. The summed E-state index contributed by atoms with van der Waals surface area (Å²) < 4.78 is 1.01. The van der Waals surface area contributed by atoms with Gasteiger partial charge in [-0.1, -0.05) is 6.07 Å². The van der Waals surface area contributed by atoms with E-state index < -0.39 is 4.92 Å². The summed E-state index contributed by atoms with van der Waals surface area (Å²) >= 11 is 4.99. The molecule has 0 aliphatic rings. The van der Waals surface area contributed by atoms with Crippen molar-refractivity contribution in [3.05, 3.63) is 54.7 Å². The summed E-state index contributed by atoms with van der Waals surface area (Å²) in [6.07, 6.45) is 0. The topological polar surface area (TPSA) is 66.6 Å². The van der Waals surface area contributed by atoms with Crippen LogP contribution in [0.3, 0.4) is 0 Å². The molecule has 2 rings (SSSR count). The Morgan fingerprint density at radius 3 is 2.75 bits per heavy atom.